The highest BCUT2D eigenvalue weighted by atomic mass is 35.5. The van der Waals surface area contributed by atoms with Crippen LogP contribution < -0.4 is 5.32 Å². The van der Waals surface area contributed by atoms with Gasteiger partial charge >= 0.3 is 0 Å². The van der Waals surface area contributed by atoms with E-state index in [0.717, 1.165) is 30.2 Å². The first kappa shape index (κ1) is 14.3. The minimum absolute atomic E-state index is 0.0179. The first-order chi connectivity index (χ1) is 10.3. The van der Waals surface area contributed by atoms with Crippen LogP contribution in [0.2, 0.25) is 0 Å². The van der Waals surface area contributed by atoms with Gasteiger partial charge in [-0.25, -0.2) is 0 Å². The summed E-state index contributed by atoms with van der Waals surface area (Å²) in [6.07, 6.45) is 6.24. The monoisotopic (exact) mass is 302 g/mol. The average molecular weight is 303 g/mol. The van der Waals surface area contributed by atoms with E-state index in [0.29, 0.717) is 17.4 Å². The van der Waals surface area contributed by atoms with Crippen LogP contribution in [0, 0.1) is 5.92 Å². The molecule has 0 saturated heterocycles. The van der Waals surface area contributed by atoms with Crippen LogP contribution in [0.1, 0.15) is 36.0 Å². The van der Waals surface area contributed by atoms with Crippen molar-refractivity contribution in [3.63, 3.8) is 0 Å². The summed E-state index contributed by atoms with van der Waals surface area (Å²) in [6, 6.07) is 9.66. The summed E-state index contributed by atoms with van der Waals surface area (Å²) in [6.45, 7) is 0. The number of hydrogen-bond donors (Lipinski definition) is 1. The Morgan fingerprint density at radius 3 is 2.95 bits per heavy atom. The lowest BCUT2D eigenvalue weighted by Crippen LogP contribution is -2.42. The molecule has 1 aliphatic carbocycles. The van der Waals surface area contributed by atoms with E-state index in [2.05, 4.69) is 10.3 Å². The zero-order valence-corrected chi connectivity index (χ0v) is 12.6. The van der Waals surface area contributed by atoms with Crippen LogP contribution in [-0.4, -0.2) is 22.8 Å². The van der Waals surface area contributed by atoms with Gasteiger partial charge in [-0.3, -0.25) is 9.78 Å². The van der Waals surface area contributed by atoms with Gasteiger partial charge in [-0.05, 0) is 37.0 Å². The molecule has 3 rings (SSSR count). The third kappa shape index (κ3) is 3.03. The molecule has 110 valence electrons. The summed E-state index contributed by atoms with van der Waals surface area (Å²) >= 11 is 6.04. The topological polar surface area (TPSA) is 42.0 Å². The van der Waals surface area contributed by atoms with Gasteiger partial charge in [-0.15, -0.1) is 11.6 Å². The van der Waals surface area contributed by atoms with Crippen LogP contribution in [0.25, 0.3) is 10.9 Å². The van der Waals surface area contributed by atoms with Crippen molar-refractivity contribution in [2.24, 2.45) is 5.92 Å². The van der Waals surface area contributed by atoms with Crippen molar-refractivity contribution in [2.45, 2.75) is 31.7 Å². The normalized spacial score (nSPS) is 22.1. The highest BCUT2D eigenvalue weighted by Gasteiger charge is 2.26. The molecule has 0 spiro atoms. The van der Waals surface area contributed by atoms with Crippen molar-refractivity contribution in [3.05, 3.63) is 42.1 Å². The highest BCUT2D eigenvalue weighted by Crippen LogP contribution is 2.26. The van der Waals surface area contributed by atoms with E-state index in [1.165, 1.54) is 6.42 Å². The highest BCUT2D eigenvalue weighted by molar-refractivity contribution is 6.18. The molecule has 1 aromatic carbocycles. The molecule has 0 bridgehead atoms. The fourth-order valence-corrected chi connectivity index (χ4v) is 3.50. The van der Waals surface area contributed by atoms with Gasteiger partial charge in [0.2, 0.25) is 0 Å². The molecule has 2 atom stereocenters. The first-order valence-electron chi connectivity index (χ1n) is 7.50. The Bertz CT molecular complexity index is 638. The van der Waals surface area contributed by atoms with E-state index in [-0.39, 0.29) is 11.9 Å². The Morgan fingerprint density at radius 2 is 2.10 bits per heavy atom. The predicted octanol–water partition coefficient (Wildman–Crippen LogP) is 3.76. The van der Waals surface area contributed by atoms with Gasteiger partial charge < -0.3 is 5.32 Å². The second-order valence-electron chi connectivity index (χ2n) is 5.65. The number of benzene rings is 1. The molecular weight excluding hydrogens is 284 g/mol. The summed E-state index contributed by atoms with van der Waals surface area (Å²) in [4.78, 5) is 16.9. The Hall–Kier alpha value is -1.61. The van der Waals surface area contributed by atoms with E-state index in [1.807, 2.05) is 30.3 Å². The van der Waals surface area contributed by atoms with Gasteiger partial charge in [-0.1, -0.05) is 25.0 Å². The SMILES string of the molecule is O=C(NC1CCCCC1CCl)c1cccc2ncccc12. The van der Waals surface area contributed by atoms with Gasteiger partial charge in [-0.2, -0.15) is 0 Å². The van der Waals surface area contributed by atoms with Gasteiger partial charge in [0.05, 0.1) is 5.52 Å². The quantitative estimate of drug-likeness (QED) is 0.877. The van der Waals surface area contributed by atoms with E-state index >= 15 is 0 Å². The molecule has 4 heteroatoms. The number of carbonyl (C=O) groups excluding carboxylic acids is 1. The minimum atomic E-state index is -0.0179. The number of pyridine rings is 1. The molecule has 1 fully saturated rings. The number of nitrogens with zero attached hydrogens (tertiary/aromatic N) is 1. The molecule has 2 aromatic rings. The Balaban J connectivity index is 1.84. The van der Waals surface area contributed by atoms with Crippen LogP contribution in [0.15, 0.2) is 36.5 Å². The lowest BCUT2D eigenvalue weighted by atomic mass is 9.85. The van der Waals surface area contributed by atoms with Crippen molar-refractivity contribution >= 4 is 28.4 Å². The molecule has 2 unspecified atom stereocenters. The van der Waals surface area contributed by atoms with E-state index < -0.39 is 0 Å². The van der Waals surface area contributed by atoms with Gasteiger partial charge in [0, 0.05) is 29.1 Å². The van der Waals surface area contributed by atoms with Crippen molar-refractivity contribution in [2.75, 3.05) is 5.88 Å². The third-order valence-corrected chi connectivity index (χ3v) is 4.71. The first-order valence-corrected chi connectivity index (χ1v) is 8.03. The summed E-state index contributed by atoms with van der Waals surface area (Å²) in [5.41, 5.74) is 1.54. The summed E-state index contributed by atoms with van der Waals surface area (Å²) < 4.78 is 0. The Morgan fingerprint density at radius 1 is 1.24 bits per heavy atom. The van der Waals surface area contributed by atoms with Crippen LogP contribution in [0.3, 0.4) is 0 Å². The van der Waals surface area contributed by atoms with Crippen LogP contribution in [0.4, 0.5) is 0 Å². The standard InChI is InChI=1S/C17H19ClN2O/c18-11-12-5-1-2-8-15(12)20-17(21)14-6-3-9-16-13(14)7-4-10-19-16/h3-4,6-7,9-10,12,15H,1-2,5,8,11H2,(H,20,21). The maximum Gasteiger partial charge on any atom is 0.252 e. The number of nitrogens with one attached hydrogen (secondary N) is 1. The van der Waals surface area contributed by atoms with Gasteiger partial charge in [0.15, 0.2) is 0 Å². The number of alkyl halides is 1. The third-order valence-electron chi connectivity index (χ3n) is 4.31. The molecule has 1 N–H and O–H groups in total. The maximum absolute atomic E-state index is 12.6. The zero-order chi connectivity index (χ0) is 14.7. The molecule has 1 heterocycles. The number of aromatic nitrogens is 1. The van der Waals surface area contributed by atoms with E-state index in [9.17, 15) is 4.79 Å². The molecule has 1 amide bonds. The van der Waals surface area contributed by atoms with Crippen molar-refractivity contribution < 1.29 is 4.79 Å². The maximum atomic E-state index is 12.6. The van der Waals surface area contributed by atoms with Crippen LogP contribution >= 0.6 is 11.6 Å². The van der Waals surface area contributed by atoms with Gasteiger partial charge in [0.1, 0.15) is 0 Å². The molecule has 1 aromatic heterocycles. The molecule has 1 aliphatic rings. The molecular formula is C17H19ClN2O. The second-order valence-corrected chi connectivity index (χ2v) is 5.96. The van der Waals surface area contributed by atoms with Gasteiger partial charge in [0.25, 0.3) is 5.91 Å². The smallest absolute Gasteiger partial charge is 0.252 e. The summed E-state index contributed by atoms with van der Waals surface area (Å²) in [7, 11) is 0. The number of rotatable bonds is 3. The van der Waals surface area contributed by atoms with Crippen molar-refractivity contribution in [1.29, 1.82) is 0 Å². The number of hydrogen-bond acceptors (Lipinski definition) is 2. The number of amides is 1. The minimum Gasteiger partial charge on any atom is -0.349 e. The fraction of sp³-hybridized carbons (Fsp3) is 0.412. The number of carbonyl (C=O) groups is 1. The molecule has 21 heavy (non-hydrogen) atoms. The zero-order valence-electron chi connectivity index (χ0n) is 11.9. The van der Waals surface area contributed by atoms with Crippen LogP contribution in [0.5, 0.6) is 0 Å². The summed E-state index contributed by atoms with van der Waals surface area (Å²) in [5, 5.41) is 4.08. The Kier molecular flexibility index (Phi) is 4.39. The second kappa shape index (κ2) is 6.44. The molecule has 3 nitrogen and oxygen atoms in total. The predicted molar refractivity (Wildman–Crippen MR) is 85.7 cm³/mol. The molecule has 0 radical (unpaired) electrons. The van der Waals surface area contributed by atoms with E-state index in [4.69, 9.17) is 11.6 Å². The lowest BCUT2D eigenvalue weighted by molar-refractivity contribution is 0.0913. The van der Waals surface area contributed by atoms with Crippen molar-refractivity contribution in [3.8, 4) is 0 Å². The largest absolute Gasteiger partial charge is 0.349 e. The number of fused-ring (bicyclic) bond motifs is 1. The average Bonchev–Trinajstić information content (AvgIpc) is 2.54. The van der Waals surface area contributed by atoms with Crippen LogP contribution in [-0.2, 0) is 0 Å². The van der Waals surface area contributed by atoms with Crippen molar-refractivity contribution in [1.82, 2.24) is 10.3 Å². The molecule has 1 saturated carbocycles. The fourth-order valence-electron chi connectivity index (χ4n) is 3.13. The van der Waals surface area contributed by atoms with E-state index in [1.54, 1.807) is 6.20 Å². The number of halogens is 1. The lowest BCUT2D eigenvalue weighted by Gasteiger charge is -2.30. The Labute approximate surface area is 129 Å². The summed E-state index contributed by atoms with van der Waals surface area (Å²) in [5.74, 6) is 0.982. The molecule has 0 aliphatic heterocycles.